The van der Waals surface area contributed by atoms with Gasteiger partial charge < -0.3 is 24.1 Å². The summed E-state index contributed by atoms with van der Waals surface area (Å²) in [6.07, 6.45) is 0.802. The van der Waals surface area contributed by atoms with E-state index in [1.807, 2.05) is 18.2 Å². The normalized spacial score (nSPS) is 21.7. The first-order valence-electron chi connectivity index (χ1n) is 11.3. The third-order valence-electron chi connectivity index (χ3n) is 6.79. The average Bonchev–Trinajstić information content (AvgIpc) is 2.87. The van der Waals surface area contributed by atoms with Crippen molar-refractivity contribution in [2.24, 2.45) is 10.9 Å². The van der Waals surface area contributed by atoms with Gasteiger partial charge in [0, 0.05) is 29.3 Å². The fourth-order valence-electron chi connectivity index (χ4n) is 5.08. The molecule has 0 aromatic heterocycles. The molecule has 4 rings (SSSR count). The lowest BCUT2D eigenvalue weighted by atomic mass is 9.69. The Kier molecular flexibility index (Phi) is 6.82. The van der Waals surface area contributed by atoms with E-state index in [1.54, 1.807) is 33.3 Å². The molecule has 1 aliphatic heterocycles. The number of rotatable bonds is 6. The fourth-order valence-corrected chi connectivity index (χ4v) is 5.08. The summed E-state index contributed by atoms with van der Waals surface area (Å²) in [5.74, 6) is -0.532. The topological polar surface area (TPSA) is 104 Å². The van der Waals surface area contributed by atoms with Crippen molar-refractivity contribution in [3.8, 4) is 23.0 Å². The Labute approximate surface area is 204 Å². The highest BCUT2D eigenvalue weighted by Crippen LogP contribution is 2.48. The Balaban J connectivity index is 1.80. The van der Waals surface area contributed by atoms with E-state index in [-0.39, 0.29) is 29.6 Å². The number of aliphatic imine (C=N–C) groups is 1. The van der Waals surface area contributed by atoms with E-state index in [0.29, 0.717) is 40.5 Å². The molecule has 0 bridgehead atoms. The molecule has 1 N–H and O–H groups in total. The summed E-state index contributed by atoms with van der Waals surface area (Å²) in [6, 6.07) is 10.5. The molecule has 184 valence electrons. The number of carbonyl (C=O) groups excluding carboxylic acids is 2. The molecule has 0 saturated heterocycles. The number of hydrogen-bond donors (Lipinski definition) is 1. The van der Waals surface area contributed by atoms with Crippen LogP contribution in [-0.4, -0.2) is 51.0 Å². The number of esters is 1. The van der Waals surface area contributed by atoms with E-state index in [4.69, 9.17) is 23.9 Å². The van der Waals surface area contributed by atoms with Crippen molar-refractivity contribution in [2.75, 3.05) is 28.4 Å². The Bertz CT molecular complexity index is 1230. The number of ether oxygens (including phenoxy) is 4. The minimum Gasteiger partial charge on any atom is -0.504 e. The minimum absolute atomic E-state index is 0.0234. The van der Waals surface area contributed by atoms with Crippen LogP contribution in [0.2, 0.25) is 0 Å². The zero-order valence-electron chi connectivity index (χ0n) is 20.5. The molecule has 0 saturated carbocycles. The maximum atomic E-state index is 13.6. The van der Waals surface area contributed by atoms with Crippen molar-refractivity contribution in [3.05, 3.63) is 58.8 Å². The second-order valence-electron chi connectivity index (χ2n) is 8.67. The van der Waals surface area contributed by atoms with E-state index in [9.17, 15) is 14.7 Å². The van der Waals surface area contributed by atoms with E-state index >= 15 is 0 Å². The zero-order chi connectivity index (χ0) is 25.3. The van der Waals surface area contributed by atoms with E-state index in [1.165, 1.54) is 20.3 Å². The lowest BCUT2D eigenvalue weighted by Gasteiger charge is -2.36. The first kappa shape index (κ1) is 24.3. The summed E-state index contributed by atoms with van der Waals surface area (Å²) < 4.78 is 21.2. The standard InChI is InChI=1S/C27H29NO7/c1-14-24(27(31)35-5)25(16-6-8-19(29)22(13-16)33-3)26-18(28-14)10-17(11-20(26)30)15-7-9-21(32-2)23(12-15)34-4/h6-9,12-13,17,24-25,29H,10-11H2,1-5H3/t17-,24?,25+/m1/s1. The maximum absolute atomic E-state index is 13.6. The Morgan fingerprint density at radius 2 is 1.57 bits per heavy atom. The lowest BCUT2D eigenvalue weighted by molar-refractivity contribution is -0.143. The third-order valence-corrected chi connectivity index (χ3v) is 6.79. The van der Waals surface area contributed by atoms with E-state index in [2.05, 4.69) is 0 Å². The molecule has 0 amide bonds. The SMILES string of the molecule is COC(=O)C1C(C)=NC2=C(C(=O)C[C@H](c3ccc(OC)c(OC)c3)C2)[C@H]1c1ccc(O)c(OC)c1. The van der Waals surface area contributed by atoms with Gasteiger partial charge in [-0.25, -0.2) is 0 Å². The summed E-state index contributed by atoms with van der Waals surface area (Å²) in [4.78, 5) is 31.2. The number of aromatic hydroxyl groups is 1. The highest BCUT2D eigenvalue weighted by Gasteiger charge is 2.44. The van der Waals surface area contributed by atoms with Gasteiger partial charge in [0.15, 0.2) is 28.8 Å². The monoisotopic (exact) mass is 479 g/mol. The first-order chi connectivity index (χ1) is 16.8. The van der Waals surface area contributed by atoms with Crippen LogP contribution in [0.15, 0.2) is 52.7 Å². The number of methoxy groups -OCH3 is 4. The minimum atomic E-state index is -0.755. The number of phenolic OH excluding ortho intramolecular Hbond substituents is 1. The van der Waals surface area contributed by atoms with Crippen molar-refractivity contribution >= 4 is 17.5 Å². The van der Waals surface area contributed by atoms with Gasteiger partial charge in [-0.15, -0.1) is 0 Å². The number of benzene rings is 2. The van der Waals surface area contributed by atoms with Crippen LogP contribution < -0.4 is 14.2 Å². The summed E-state index contributed by atoms with van der Waals surface area (Å²) >= 11 is 0. The van der Waals surface area contributed by atoms with Gasteiger partial charge in [0.25, 0.3) is 0 Å². The van der Waals surface area contributed by atoms with Crippen LogP contribution in [0, 0.1) is 5.92 Å². The molecule has 2 aliphatic rings. The van der Waals surface area contributed by atoms with Crippen LogP contribution >= 0.6 is 0 Å². The molecule has 3 atom stereocenters. The molecule has 1 unspecified atom stereocenters. The molecular formula is C27H29NO7. The average molecular weight is 480 g/mol. The predicted octanol–water partition coefficient (Wildman–Crippen LogP) is 4.17. The molecule has 0 radical (unpaired) electrons. The van der Waals surface area contributed by atoms with Crippen molar-refractivity contribution in [3.63, 3.8) is 0 Å². The first-order valence-corrected chi connectivity index (χ1v) is 11.3. The van der Waals surface area contributed by atoms with E-state index < -0.39 is 17.8 Å². The number of Topliss-reactive ketones (excluding diaryl/α,β-unsaturated/α-hetero) is 1. The van der Waals surface area contributed by atoms with Gasteiger partial charge in [-0.3, -0.25) is 14.6 Å². The molecule has 2 aromatic rings. The predicted molar refractivity (Wildman–Crippen MR) is 130 cm³/mol. The summed E-state index contributed by atoms with van der Waals surface area (Å²) in [6.45, 7) is 1.78. The summed E-state index contributed by atoms with van der Waals surface area (Å²) in [7, 11) is 5.93. The molecular weight excluding hydrogens is 450 g/mol. The van der Waals surface area contributed by atoms with Crippen LogP contribution in [0.5, 0.6) is 23.0 Å². The second kappa shape index (κ2) is 9.82. The van der Waals surface area contributed by atoms with Gasteiger partial charge in [0.2, 0.25) is 0 Å². The van der Waals surface area contributed by atoms with Gasteiger partial charge in [0.05, 0.1) is 28.4 Å². The van der Waals surface area contributed by atoms with Crippen LogP contribution in [0.4, 0.5) is 0 Å². The molecule has 35 heavy (non-hydrogen) atoms. The summed E-state index contributed by atoms with van der Waals surface area (Å²) in [5, 5.41) is 10.1. The third kappa shape index (κ3) is 4.36. The smallest absolute Gasteiger partial charge is 0.315 e. The Hall–Kier alpha value is -3.81. The number of allylic oxidation sites excluding steroid dienone is 2. The van der Waals surface area contributed by atoms with Crippen LogP contribution in [0.3, 0.4) is 0 Å². The fraction of sp³-hybridized carbons (Fsp3) is 0.370. The number of hydrogen-bond acceptors (Lipinski definition) is 8. The zero-order valence-corrected chi connectivity index (χ0v) is 20.5. The second-order valence-corrected chi connectivity index (χ2v) is 8.67. The lowest BCUT2D eigenvalue weighted by Crippen LogP contribution is -2.37. The van der Waals surface area contributed by atoms with Crippen LogP contribution in [0.25, 0.3) is 0 Å². The largest absolute Gasteiger partial charge is 0.504 e. The highest BCUT2D eigenvalue weighted by atomic mass is 16.5. The molecule has 2 aromatic carbocycles. The molecule has 0 fully saturated rings. The number of carbonyl (C=O) groups is 2. The quantitative estimate of drug-likeness (QED) is 0.620. The Morgan fingerprint density at radius 3 is 2.23 bits per heavy atom. The van der Waals surface area contributed by atoms with Crippen molar-refractivity contribution < 1.29 is 33.6 Å². The number of phenols is 1. The molecule has 1 heterocycles. The van der Waals surface area contributed by atoms with E-state index in [0.717, 1.165) is 5.56 Å². The number of nitrogens with zero attached hydrogens (tertiary/aromatic N) is 1. The van der Waals surface area contributed by atoms with Gasteiger partial charge in [-0.2, -0.15) is 0 Å². The van der Waals surface area contributed by atoms with Crippen LogP contribution in [-0.2, 0) is 14.3 Å². The van der Waals surface area contributed by atoms with Crippen LogP contribution in [0.1, 0.15) is 42.7 Å². The molecule has 8 heteroatoms. The van der Waals surface area contributed by atoms with Gasteiger partial charge in [-0.1, -0.05) is 12.1 Å². The van der Waals surface area contributed by atoms with Gasteiger partial charge >= 0.3 is 5.97 Å². The van der Waals surface area contributed by atoms with Crippen molar-refractivity contribution in [2.45, 2.75) is 31.6 Å². The van der Waals surface area contributed by atoms with Gasteiger partial charge in [0.1, 0.15) is 5.92 Å². The highest BCUT2D eigenvalue weighted by molar-refractivity contribution is 6.09. The molecule has 8 nitrogen and oxygen atoms in total. The Morgan fingerprint density at radius 1 is 0.914 bits per heavy atom. The van der Waals surface area contributed by atoms with Crippen molar-refractivity contribution in [1.29, 1.82) is 0 Å². The van der Waals surface area contributed by atoms with Crippen molar-refractivity contribution in [1.82, 2.24) is 0 Å². The maximum Gasteiger partial charge on any atom is 0.315 e. The molecule has 0 spiro atoms. The summed E-state index contributed by atoms with van der Waals surface area (Å²) in [5.41, 5.74) is 3.38. The number of ketones is 1. The molecule has 1 aliphatic carbocycles. The van der Waals surface area contributed by atoms with Gasteiger partial charge in [-0.05, 0) is 54.7 Å².